The highest BCUT2D eigenvalue weighted by atomic mass is 16.5. The highest BCUT2D eigenvalue weighted by Gasteiger charge is 2.16. The summed E-state index contributed by atoms with van der Waals surface area (Å²) >= 11 is 0. The summed E-state index contributed by atoms with van der Waals surface area (Å²) in [7, 11) is 0. The molecule has 0 atom stereocenters. The van der Waals surface area contributed by atoms with Crippen molar-refractivity contribution in [1.82, 2.24) is 4.90 Å². The number of carbonyl (C=O) groups is 2. The van der Waals surface area contributed by atoms with Crippen LogP contribution in [0, 0.1) is 0 Å². The minimum absolute atomic E-state index is 0.0710. The molecule has 1 aliphatic rings. The largest absolute Gasteiger partial charge is 0.455 e. The lowest BCUT2D eigenvalue weighted by Gasteiger charge is -2.24. The number of nitrogens with zero attached hydrogens (tertiary/aromatic N) is 1. The number of likely N-dealkylation sites (tertiary alicyclic amines) is 1. The van der Waals surface area contributed by atoms with E-state index in [4.69, 9.17) is 4.74 Å². The van der Waals surface area contributed by atoms with Gasteiger partial charge in [0.25, 0.3) is 5.91 Å². The summed E-state index contributed by atoms with van der Waals surface area (Å²) in [5, 5.41) is 0. The molecule has 1 aromatic carbocycles. The highest BCUT2D eigenvalue weighted by Crippen LogP contribution is 2.10. The molecule has 0 radical (unpaired) electrons. The molecule has 0 N–H and O–H groups in total. The quantitative estimate of drug-likeness (QED) is 0.800. The lowest BCUT2D eigenvalue weighted by atomic mass is 10.1. The fourth-order valence-electron chi connectivity index (χ4n) is 2.54. The van der Waals surface area contributed by atoms with Crippen LogP contribution in [0.4, 0.5) is 0 Å². The van der Waals surface area contributed by atoms with Crippen molar-refractivity contribution >= 4 is 11.9 Å². The first-order chi connectivity index (χ1) is 10.3. The van der Waals surface area contributed by atoms with Gasteiger partial charge >= 0.3 is 5.97 Å². The van der Waals surface area contributed by atoms with Crippen LogP contribution in [0.1, 0.15) is 37.7 Å². The molecule has 4 nitrogen and oxygen atoms in total. The average Bonchev–Trinajstić information content (AvgIpc) is 2.45. The SMILES string of the molecule is O=C(Cc1ccccc1)OCC(=O)N1CCCCCCC1. The van der Waals surface area contributed by atoms with Gasteiger partial charge in [0, 0.05) is 13.1 Å². The standard InChI is InChI=1S/C17H23NO3/c19-16(18-11-7-2-1-3-8-12-18)14-21-17(20)13-15-9-5-4-6-10-15/h4-6,9-10H,1-3,7-8,11-14H2. The number of hydrogen-bond acceptors (Lipinski definition) is 3. The van der Waals surface area contributed by atoms with Crippen molar-refractivity contribution in [3.05, 3.63) is 35.9 Å². The second-order valence-corrected chi connectivity index (χ2v) is 5.47. The maximum absolute atomic E-state index is 12.1. The molecule has 0 aromatic heterocycles. The second-order valence-electron chi connectivity index (χ2n) is 5.47. The maximum Gasteiger partial charge on any atom is 0.310 e. The minimum atomic E-state index is -0.346. The molecule has 1 heterocycles. The van der Waals surface area contributed by atoms with Gasteiger partial charge in [-0.25, -0.2) is 0 Å². The van der Waals surface area contributed by atoms with Crippen LogP contribution in [0.25, 0.3) is 0 Å². The van der Waals surface area contributed by atoms with Crippen molar-refractivity contribution in [2.24, 2.45) is 0 Å². The van der Waals surface area contributed by atoms with Crippen LogP contribution in [0.2, 0.25) is 0 Å². The smallest absolute Gasteiger partial charge is 0.310 e. The summed E-state index contributed by atoms with van der Waals surface area (Å²) < 4.78 is 5.10. The Labute approximate surface area is 126 Å². The molecular formula is C17H23NO3. The number of benzene rings is 1. The first-order valence-corrected chi connectivity index (χ1v) is 7.73. The van der Waals surface area contributed by atoms with Crippen molar-refractivity contribution in [2.45, 2.75) is 38.5 Å². The molecular weight excluding hydrogens is 266 g/mol. The van der Waals surface area contributed by atoms with E-state index < -0.39 is 0 Å². The van der Waals surface area contributed by atoms with Crippen LogP contribution in [0.3, 0.4) is 0 Å². The van der Waals surface area contributed by atoms with Gasteiger partial charge in [-0.15, -0.1) is 0 Å². The normalized spacial score (nSPS) is 15.9. The molecule has 0 unspecified atom stereocenters. The summed E-state index contributed by atoms with van der Waals surface area (Å²) in [6, 6.07) is 9.42. The van der Waals surface area contributed by atoms with E-state index in [1.54, 1.807) is 0 Å². The summed E-state index contributed by atoms with van der Waals surface area (Å²) in [5.74, 6) is -0.417. The predicted octanol–water partition coefficient (Wildman–Crippen LogP) is 2.57. The summed E-state index contributed by atoms with van der Waals surface area (Å²) in [5.41, 5.74) is 0.904. The number of amides is 1. The third-order valence-corrected chi connectivity index (χ3v) is 3.76. The number of rotatable bonds is 4. The monoisotopic (exact) mass is 289 g/mol. The zero-order valence-electron chi connectivity index (χ0n) is 12.4. The molecule has 1 saturated heterocycles. The summed E-state index contributed by atoms with van der Waals surface area (Å²) in [6.45, 7) is 1.44. The topological polar surface area (TPSA) is 46.6 Å². The Hall–Kier alpha value is -1.84. The minimum Gasteiger partial charge on any atom is -0.455 e. The number of carbonyl (C=O) groups excluding carboxylic acids is 2. The Morgan fingerprint density at radius 1 is 0.952 bits per heavy atom. The Bertz CT molecular complexity index is 450. The fraction of sp³-hybridized carbons (Fsp3) is 0.529. The van der Waals surface area contributed by atoms with Crippen molar-refractivity contribution in [3.63, 3.8) is 0 Å². The molecule has 2 rings (SSSR count). The molecule has 0 saturated carbocycles. The van der Waals surface area contributed by atoms with Crippen molar-refractivity contribution in [1.29, 1.82) is 0 Å². The van der Waals surface area contributed by atoms with Crippen LogP contribution >= 0.6 is 0 Å². The zero-order chi connectivity index (χ0) is 14.9. The first-order valence-electron chi connectivity index (χ1n) is 7.73. The third kappa shape index (κ3) is 5.58. The van der Waals surface area contributed by atoms with Crippen molar-refractivity contribution < 1.29 is 14.3 Å². The Balaban J connectivity index is 1.73. The molecule has 21 heavy (non-hydrogen) atoms. The molecule has 1 fully saturated rings. The van der Waals surface area contributed by atoms with E-state index in [2.05, 4.69) is 0 Å². The van der Waals surface area contributed by atoms with Gasteiger partial charge in [-0.05, 0) is 18.4 Å². The predicted molar refractivity (Wildman–Crippen MR) is 80.8 cm³/mol. The van der Waals surface area contributed by atoms with Gasteiger partial charge < -0.3 is 9.64 Å². The van der Waals surface area contributed by atoms with E-state index in [9.17, 15) is 9.59 Å². The molecule has 0 bridgehead atoms. The van der Waals surface area contributed by atoms with Gasteiger partial charge in [0.2, 0.25) is 0 Å². The molecule has 0 spiro atoms. The van der Waals surface area contributed by atoms with Crippen LogP contribution < -0.4 is 0 Å². The molecule has 1 aromatic rings. The van der Waals surface area contributed by atoms with Crippen LogP contribution in [0.15, 0.2) is 30.3 Å². The highest BCUT2D eigenvalue weighted by molar-refractivity contribution is 5.81. The average molecular weight is 289 g/mol. The van der Waals surface area contributed by atoms with Crippen LogP contribution in [-0.4, -0.2) is 36.5 Å². The zero-order valence-corrected chi connectivity index (χ0v) is 12.4. The number of hydrogen-bond donors (Lipinski definition) is 0. The van der Waals surface area contributed by atoms with Crippen LogP contribution in [0.5, 0.6) is 0 Å². The van der Waals surface area contributed by atoms with E-state index in [0.717, 1.165) is 31.5 Å². The lowest BCUT2D eigenvalue weighted by molar-refractivity contribution is -0.151. The number of ether oxygens (including phenoxy) is 1. The summed E-state index contributed by atoms with van der Waals surface area (Å²) in [4.78, 5) is 25.6. The van der Waals surface area contributed by atoms with Gasteiger partial charge in [-0.3, -0.25) is 9.59 Å². The third-order valence-electron chi connectivity index (χ3n) is 3.76. The Kier molecular flexibility index (Phi) is 6.25. The Morgan fingerprint density at radius 2 is 1.57 bits per heavy atom. The molecule has 4 heteroatoms. The van der Waals surface area contributed by atoms with Gasteiger partial charge in [0.1, 0.15) is 0 Å². The molecule has 114 valence electrons. The van der Waals surface area contributed by atoms with Gasteiger partial charge in [0.15, 0.2) is 6.61 Å². The van der Waals surface area contributed by atoms with Crippen molar-refractivity contribution in [3.8, 4) is 0 Å². The van der Waals surface area contributed by atoms with E-state index in [0.29, 0.717) is 0 Å². The van der Waals surface area contributed by atoms with Gasteiger partial charge in [-0.2, -0.15) is 0 Å². The van der Waals surface area contributed by atoms with Crippen molar-refractivity contribution in [2.75, 3.05) is 19.7 Å². The fourth-order valence-corrected chi connectivity index (χ4v) is 2.54. The molecule has 1 amide bonds. The van der Waals surface area contributed by atoms with Gasteiger partial charge in [-0.1, -0.05) is 49.6 Å². The van der Waals surface area contributed by atoms with E-state index in [-0.39, 0.29) is 24.9 Å². The van der Waals surface area contributed by atoms with E-state index in [1.165, 1.54) is 19.3 Å². The first kappa shape index (κ1) is 15.5. The van der Waals surface area contributed by atoms with Gasteiger partial charge in [0.05, 0.1) is 6.42 Å². The maximum atomic E-state index is 12.1. The van der Waals surface area contributed by atoms with E-state index >= 15 is 0 Å². The molecule has 0 aliphatic carbocycles. The lowest BCUT2D eigenvalue weighted by Crippen LogP contribution is -2.37. The summed E-state index contributed by atoms with van der Waals surface area (Å²) in [6.07, 6.45) is 5.92. The van der Waals surface area contributed by atoms with E-state index in [1.807, 2.05) is 35.2 Å². The number of esters is 1. The molecule has 1 aliphatic heterocycles. The second kappa shape index (κ2) is 8.45. The Morgan fingerprint density at radius 3 is 2.24 bits per heavy atom. The van der Waals surface area contributed by atoms with Crippen LogP contribution in [-0.2, 0) is 20.7 Å².